The van der Waals surface area contributed by atoms with E-state index in [1.165, 1.54) is 6.07 Å². The first-order valence-electron chi connectivity index (χ1n) is 6.48. The SMILES string of the molecule is CCCn1cc(C)nc1Nc1ccc(C(F)(F)F)cc1Cl. The number of hydrogen-bond acceptors (Lipinski definition) is 2. The maximum Gasteiger partial charge on any atom is 0.416 e. The molecule has 1 heterocycles. The average Bonchev–Trinajstić information content (AvgIpc) is 2.71. The molecule has 0 aliphatic rings. The molecule has 2 rings (SSSR count). The number of nitrogens with one attached hydrogen (secondary N) is 1. The zero-order valence-electron chi connectivity index (χ0n) is 11.6. The fourth-order valence-electron chi connectivity index (χ4n) is 1.97. The van der Waals surface area contributed by atoms with Gasteiger partial charge in [0.05, 0.1) is 22.0 Å². The Hall–Kier alpha value is -1.69. The highest BCUT2D eigenvalue weighted by Gasteiger charge is 2.30. The van der Waals surface area contributed by atoms with E-state index in [4.69, 9.17) is 11.6 Å². The summed E-state index contributed by atoms with van der Waals surface area (Å²) in [5, 5.41) is 2.99. The molecule has 0 unspecified atom stereocenters. The highest BCUT2D eigenvalue weighted by atomic mass is 35.5. The summed E-state index contributed by atoms with van der Waals surface area (Å²) in [6.45, 7) is 4.65. The van der Waals surface area contributed by atoms with Crippen molar-refractivity contribution >= 4 is 23.2 Å². The lowest BCUT2D eigenvalue weighted by molar-refractivity contribution is -0.137. The summed E-state index contributed by atoms with van der Waals surface area (Å²) >= 11 is 5.92. The minimum Gasteiger partial charge on any atom is -0.324 e. The van der Waals surface area contributed by atoms with Crippen molar-refractivity contribution in [2.75, 3.05) is 5.32 Å². The molecule has 0 saturated carbocycles. The Bertz CT molecular complexity index is 635. The second-order valence-corrected chi connectivity index (χ2v) is 5.12. The van der Waals surface area contributed by atoms with Gasteiger partial charge in [-0.1, -0.05) is 18.5 Å². The molecule has 7 heteroatoms. The van der Waals surface area contributed by atoms with Crippen molar-refractivity contribution in [3.63, 3.8) is 0 Å². The van der Waals surface area contributed by atoms with E-state index in [2.05, 4.69) is 10.3 Å². The molecule has 0 fully saturated rings. The normalized spacial score (nSPS) is 11.7. The van der Waals surface area contributed by atoms with Crippen LogP contribution in [0.1, 0.15) is 24.6 Å². The van der Waals surface area contributed by atoms with Crippen LogP contribution < -0.4 is 5.32 Å². The molecule has 1 aromatic carbocycles. The number of halogens is 4. The lowest BCUT2D eigenvalue weighted by Gasteiger charge is -2.12. The summed E-state index contributed by atoms with van der Waals surface area (Å²) in [6, 6.07) is 3.21. The quantitative estimate of drug-likeness (QED) is 0.858. The highest BCUT2D eigenvalue weighted by Crippen LogP contribution is 2.34. The van der Waals surface area contributed by atoms with Gasteiger partial charge in [-0.3, -0.25) is 0 Å². The van der Waals surface area contributed by atoms with Crippen molar-refractivity contribution in [3.05, 3.63) is 40.7 Å². The van der Waals surface area contributed by atoms with E-state index in [-0.39, 0.29) is 5.02 Å². The number of rotatable bonds is 4. The van der Waals surface area contributed by atoms with Gasteiger partial charge in [0.1, 0.15) is 0 Å². The van der Waals surface area contributed by atoms with Crippen LogP contribution in [0.4, 0.5) is 24.8 Å². The van der Waals surface area contributed by atoms with Gasteiger partial charge >= 0.3 is 6.18 Å². The fraction of sp³-hybridized carbons (Fsp3) is 0.357. The Labute approximate surface area is 125 Å². The van der Waals surface area contributed by atoms with Gasteiger partial charge in [0, 0.05) is 12.7 Å². The summed E-state index contributed by atoms with van der Waals surface area (Å²) in [5.41, 5.74) is 0.452. The molecule has 0 atom stereocenters. The van der Waals surface area contributed by atoms with Gasteiger partial charge in [-0.05, 0) is 31.5 Å². The van der Waals surface area contributed by atoms with Gasteiger partial charge in [0.25, 0.3) is 0 Å². The zero-order chi connectivity index (χ0) is 15.6. The van der Waals surface area contributed by atoms with E-state index in [0.29, 0.717) is 11.6 Å². The van der Waals surface area contributed by atoms with Crippen LogP contribution in [0.2, 0.25) is 5.02 Å². The number of benzene rings is 1. The third-order valence-electron chi connectivity index (χ3n) is 2.90. The number of hydrogen-bond donors (Lipinski definition) is 1. The molecule has 0 saturated heterocycles. The Morgan fingerprint density at radius 3 is 2.62 bits per heavy atom. The molecule has 1 N–H and O–H groups in total. The molecule has 0 amide bonds. The third-order valence-corrected chi connectivity index (χ3v) is 3.22. The van der Waals surface area contributed by atoms with E-state index in [1.54, 1.807) is 0 Å². The van der Waals surface area contributed by atoms with Crippen LogP contribution in [0.5, 0.6) is 0 Å². The van der Waals surface area contributed by atoms with Crippen molar-refractivity contribution in [1.29, 1.82) is 0 Å². The van der Waals surface area contributed by atoms with Gasteiger partial charge in [-0.2, -0.15) is 13.2 Å². The van der Waals surface area contributed by atoms with E-state index >= 15 is 0 Å². The molecule has 1 aromatic heterocycles. The summed E-state index contributed by atoms with van der Waals surface area (Å²) in [5.74, 6) is 0.566. The molecule has 0 aliphatic carbocycles. The Kier molecular flexibility index (Phi) is 4.46. The minimum atomic E-state index is -4.40. The number of aromatic nitrogens is 2. The van der Waals surface area contributed by atoms with Gasteiger partial charge in [-0.25, -0.2) is 4.98 Å². The number of imidazole rings is 1. The van der Waals surface area contributed by atoms with Crippen LogP contribution in [-0.2, 0) is 12.7 Å². The van der Waals surface area contributed by atoms with Crippen LogP contribution in [0.3, 0.4) is 0 Å². The lowest BCUT2D eigenvalue weighted by atomic mass is 10.2. The fourth-order valence-corrected chi connectivity index (χ4v) is 2.20. The zero-order valence-corrected chi connectivity index (χ0v) is 12.4. The average molecular weight is 318 g/mol. The minimum absolute atomic E-state index is 0.00789. The van der Waals surface area contributed by atoms with Gasteiger partial charge in [0.15, 0.2) is 0 Å². The number of alkyl halides is 3. The predicted octanol–water partition coefficient (Wildman–Crippen LogP) is 5.02. The summed E-state index contributed by atoms with van der Waals surface area (Å²) in [6.07, 6.45) is -1.60. The second kappa shape index (κ2) is 5.97. The number of aryl methyl sites for hydroxylation is 2. The molecule has 0 aliphatic heterocycles. The lowest BCUT2D eigenvalue weighted by Crippen LogP contribution is -2.06. The van der Waals surface area contributed by atoms with Crippen molar-refractivity contribution in [1.82, 2.24) is 9.55 Å². The first kappa shape index (κ1) is 15.7. The summed E-state index contributed by atoms with van der Waals surface area (Å²) in [4.78, 5) is 4.31. The first-order chi connectivity index (χ1) is 9.81. The van der Waals surface area contributed by atoms with Crippen LogP contribution in [-0.4, -0.2) is 9.55 Å². The predicted molar refractivity (Wildman–Crippen MR) is 77.0 cm³/mol. The van der Waals surface area contributed by atoms with Crippen LogP contribution in [0.25, 0.3) is 0 Å². The molecule has 21 heavy (non-hydrogen) atoms. The van der Waals surface area contributed by atoms with Crippen molar-refractivity contribution < 1.29 is 13.2 Å². The molecule has 0 radical (unpaired) electrons. The third kappa shape index (κ3) is 3.69. The molecule has 3 nitrogen and oxygen atoms in total. The van der Waals surface area contributed by atoms with Crippen LogP contribution in [0, 0.1) is 6.92 Å². The van der Waals surface area contributed by atoms with Gasteiger partial charge < -0.3 is 9.88 Å². The molecular formula is C14H15ClF3N3. The Morgan fingerprint density at radius 2 is 2.05 bits per heavy atom. The van der Waals surface area contributed by atoms with E-state index < -0.39 is 11.7 Å². The smallest absolute Gasteiger partial charge is 0.324 e. The van der Waals surface area contributed by atoms with Crippen molar-refractivity contribution in [3.8, 4) is 0 Å². The Balaban J connectivity index is 2.28. The van der Waals surface area contributed by atoms with Crippen molar-refractivity contribution in [2.45, 2.75) is 33.0 Å². The largest absolute Gasteiger partial charge is 0.416 e. The van der Waals surface area contributed by atoms with Crippen LogP contribution >= 0.6 is 11.6 Å². The maximum absolute atomic E-state index is 12.6. The first-order valence-corrected chi connectivity index (χ1v) is 6.86. The second-order valence-electron chi connectivity index (χ2n) is 4.72. The summed E-state index contributed by atoms with van der Waals surface area (Å²) < 4.78 is 39.7. The standard InChI is InChI=1S/C14H15ClF3N3/c1-3-6-21-8-9(2)19-13(21)20-12-5-4-10(7-11(12)15)14(16,17)18/h4-5,7-8H,3,6H2,1-2H3,(H,19,20). The van der Waals surface area contributed by atoms with E-state index in [0.717, 1.165) is 30.8 Å². The molecule has 2 aromatic rings. The molecular weight excluding hydrogens is 303 g/mol. The van der Waals surface area contributed by atoms with Gasteiger partial charge in [-0.15, -0.1) is 0 Å². The van der Waals surface area contributed by atoms with Crippen LogP contribution in [0.15, 0.2) is 24.4 Å². The Morgan fingerprint density at radius 1 is 1.33 bits per heavy atom. The number of anilines is 2. The van der Waals surface area contributed by atoms with E-state index in [1.807, 2.05) is 24.6 Å². The van der Waals surface area contributed by atoms with E-state index in [9.17, 15) is 13.2 Å². The van der Waals surface area contributed by atoms with Gasteiger partial charge in [0.2, 0.25) is 5.95 Å². The molecule has 0 bridgehead atoms. The molecule has 0 spiro atoms. The highest BCUT2D eigenvalue weighted by molar-refractivity contribution is 6.33. The topological polar surface area (TPSA) is 29.9 Å². The van der Waals surface area contributed by atoms with Crippen molar-refractivity contribution in [2.24, 2.45) is 0 Å². The monoisotopic (exact) mass is 317 g/mol. The summed E-state index contributed by atoms with van der Waals surface area (Å²) in [7, 11) is 0. The molecule has 114 valence electrons. The maximum atomic E-state index is 12.6. The number of nitrogens with zero attached hydrogens (tertiary/aromatic N) is 2.